The van der Waals surface area contributed by atoms with E-state index in [1.165, 1.54) is 0 Å². The number of hydrogen-bond donors (Lipinski definition) is 1. The number of hydrogen-bond acceptors (Lipinski definition) is 5. The Bertz CT molecular complexity index is 530. The van der Waals surface area contributed by atoms with Crippen molar-refractivity contribution in [2.45, 2.75) is 19.1 Å². The number of ether oxygens (including phenoxy) is 2. The van der Waals surface area contributed by atoms with Gasteiger partial charge in [0.1, 0.15) is 12.4 Å². The summed E-state index contributed by atoms with van der Waals surface area (Å²) in [4.78, 5) is 0. The van der Waals surface area contributed by atoms with Crippen LogP contribution >= 0.6 is 0 Å². The molecule has 0 amide bonds. The Morgan fingerprint density at radius 3 is 2.95 bits per heavy atom. The Labute approximate surface area is 120 Å². The average Bonchev–Trinajstić information content (AvgIpc) is 2.75. The van der Waals surface area contributed by atoms with E-state index in [9.17, 15) is 8.42 Å². The molecule has 1 fully saturated rings. The standard InChI is InChI=1S/C14H21NO4S/c1-18-10-12-3-2-4-14(9-12)19-7-6-15-13-5-8-20(16,17)11-13/h2-4,9,13,15H,5-8,10-11H2,1H3. The van der Waals surface area contributed by atoms with Gasteiger partial charge in [0.2, 0.25) is 0 Å². The molecular weight excluding hydrogens is 278 g/mol. The van der Waals surface area contributed by atoms with Gasteiger partial charge in [-0.05, 0) is 24.1 Å². The molecule has 2 rings (SSSR count). The van der Waals surface area contributed by atoms with Gasteiger partial charge in [0.15, 0.2) is 9.84 Å². The maximum atomic E-state index is 11.3. The minimum Gasteiger partial charge on any atom is -0.492 e. The summed E-state index contributed by atoms with van der Waals surface area (Å²) >= 11 is 0. The summed E-state index contributed by atoms with van der Waals surface area (Å²) in [5, 5.41) is 3.22. The van der Waals surface area contributed by atoms with Gasteiger partial charge in [-0.25, -0.2) is 8.42 Å². The van der Waals surface area contributed by atoms with Crippen molar-refractivity contribution in [2.75, 3.05) is 31.8 Å². The summed E-state index contributed by atoms with van der Waals surface area (Å²) in [5.74, 6) is 1.35. The second-order valence-electron chi connectivity index (χ2n) is 4.98. The molecule has 20 heavy (non-hydrogen) atoms. The van der Waals surface area contributed by atoms with Crippen molar-refractivity contribution in [3.63, 3.8) is 0 Å². The molecule has 1 aliphatic heterocycles. The van der Waals surface area contributed by atoms with Crippen LogP contribution in [0.1, 0.15) is 12.0 Å². The molecular formula is C14H21NO4S. The van der Waals surface area contributed by atoms with Gasteiger partial charge in [0.05, 0.1) is 18.1 Å². The molecule has 6 heteroatoms. The first-order valence-electron chi connectivity index (χ1n) is 6.73. The van der Waals surface area contributed by atoms with Gasteiger partial charge in [-0.2, -0.15) is 0 Å². The van der Waals surface area contributed by atoms with Crippen molar-refractivity contribution in [3.05, 3.63) is 29.8 Å². The minimum atomic E-state index is -2.81. The molecule has 1 saturated heterocycles. The largest absolute Gasteiger partial charge is 0.492 e. The van der Waals surface area contributed by atoms with E-state index >= 15 is 0 Å². The summed E-state index contributed by atoms with van der Waals surface area (Å²) < 4.78 is 33.3. The van der Waals surface area contributed by atoms with Crippen molar-refractivity contribution in [1.82, 2.24) is 5.32 Å². The fourth-order valence-corrected chi connectivity index (χ4v) is 3.99. The molecule has 1 heterocycles. The van der Waals surface area contributed by atoms with Crippen LogP contribution in [-0.4, -0.2) is 46.2 Å². The van der Waals surface area contributed by atoms with E-state index in [1.54, 1.807) is 7.11 Å². The van der Waals surface area contributed by atoms with Crippen LogP contribution in [0.3, 0.4) is 0 Å². The number of sulfone groups is 1. The molecule has 0 aliphatic carbocycles. The molecule has 0 aromatic heterocycles. The highest BCUT2D eigenvalue weighted by Gasteiger charge is 2.26. The Morgan fingerprint density at radius 2 is 2.25 bits per heavy atom. The first kappa shape index (κ1) is 15.3. The lowest BCUT2D eigenvalue weighted by Crippen LogP contribution is -2.33. The van der Waals surface area contributed by atoms with Crippen molar-refractivity contribution >= 4 is 9.84 Å². The number of nitrogens with one attached hydrogen (secondary N) is 1. The van der Waals surface area contributed by atoms with E-state index in [0.29, 0.717) is 31.9 Å². The molecule has 5 nitrogen and oxygen atoms in total. The summed E-state index contributed by atoms with van der Waals surface area (Å²) in [6, 6.07) is 7.84. The van der Waals surface area contributed by atoms with Gasteiger partial charge in [-0.15, -0.1) is 0 Å². The van der Waals surface area contributed by atoms with Crippen molar-refractivity contribution in [1.29, 1.82) is 0 Å². The Morgan fingerprint density at radius 1 is 1.40 bits per heavy atom. The van der Waals surface area contributed by atoms with Crippen molar-refractivity contribution in [3.8, 4) is 5.75 Å². The van der Waals surface area contributed by atoms with E-state index in [-0.39, 0.29) is 11.8 Å². The number of benzene rings is 1. The molecule has 1 unspecified atom stereocenters. The lowest BCUT2D eigenvalue weighted by Gasteiger charge is -2.12. The molecule has 1 N–H and O–H groups in total. The third kappa shape index (κ3) is 4.77. The van der Waals surface area contributed by atoms with Crippen LogP contribution in [0.2, 0.25) is 0 Å². The summed E-state index contributed by atoms with van der Waals surface area (Å²) in [5.41, 5.74) is 1.07. The third-order valence-electron chi connectivity index (χ3n) is 3.25. The Kier molecular flexibility index (Phi) is 5.39. The van der Waals surface area contributed by atoms with E-state index in [4.69, 9.17) is 9.47 Å². The molecule has 0 saturated carbocycles. The normalized spacial score (nSPS) is 20.9. The lowest BCUT2D eigenvalue weighted by atomic mass is 10.2. The number of methoxy groups -OCH3 is 1. The van der Waals surface area contributed by atoms with Crippen LogP contribution in [0.4, 0.5) is 0 Å². The molecule has 1 atom stereocenters. The second kappa shape index (κ2) is 7.06. The molecule has 1 aromatic carbocycles. The van der Waals surface area contributed by atoms with Crippen LogP contribution in [0.25, 0.3) is 0 Å². The van der Waals surface area contributed by atoms with Crippen LogP contribution in [0, 0.1) is 0 Å². The topological polar surface area (TPSA) is 64.6 Å². The first-order valence-corrected chi connectivity index (χ1v) is 8.56. The Hall–Kier alpha value is -1.11. The second-order valence-corrected chi connectivity index (χ2v) is 7.21. The molecule has 1 aromatic rings. The van der Waals surface area contributed by atoms with Gasteiger partial charge in [0, 0.05) is 19.7 Å². The molecule has 0 bridgehead atoms. The zero-order chi connectivity index (χ0) is 14.4. The van der Waals surface area contributed by atoms with Crippen molar-refractivity contribution < 1.29 is 17.9 Å². The smallest absolute Gasteiger partial charge is 0.151 e. The highest BCUT2D eigenvalue weighted by Crippen LogP contribution is 2.14. The average molecular weight is 299 g/mol. The van der Waals surface area contributed by atoms with Crippen LogP contribution < -0.4 is 10.1 Å². The van der Waals surface area contributed by atoms with Gasteiger partial charge >= 0.3 is 0 Å². The van der Waals surface area contributed by atoms with Crippen molar-refractivity contribution in [2.24, 2.45) is 0 Å². The van der Waals surface area contributed by atoms with Gasteiger partial charge in [-0.1, -0.05) is 12.1 Å². The predicted molar refractivity (Wildman–Crippen MR) is 77.7 cm³/mol. The monoisotopic (exact) mass is 299 g/mol. The van der Waals surface area contributed by atoms with Gasteiger partial charge < -0.3 is 14.8 Å². The maximum Gasteiger partial charge on any atom is 0.151 e. The van der Waals surface area contributed by atoms with E-state index in [2.05, 4.69) is 5.32 Å². The highest BCUT2D eigenvalue weighted by atomic mass is 32.2. The summed E-state index contributed by atoms with van der Waals surface area (Å²) in [7, 11) is -1.15. The van der Waals surface area contributed by atoms with Gasteiger partial charge in [-0.3, -0.25) is 0 Å². The SMILES string of the molecule is COCc1cccc(OCCNC2CCS(=O)(=O)C2)c1. The first-order chi connectivity index (χ1) is 9.59. The molecule has 112 valence electrons. The van der Waals surface area contributed by atoms with E-state index in [1.807, 2.05) is 24.3 Å². The maximum absolute atomic E-state index is 11.3. The van der Waals surface area contributed by atoms with Crippen LogP contribution in [0.15, 0.2) is 24.3 Å². The highest BCUT2D eigenvalue weighted by molar-refractivity contribution is 7.91. The fourth-order valence-electron chi connectivity index (χ4n) is 2.28. The van der Waals surface area contributed by atoms with Crippen LogP contribution in [0.5, 0.6) is 5.75 Å². The molecule has 0 radical (unpaired) electrons. The van der Waals surface area contributed by atoms with E-state index < -0.39 is 9.84 Å². The van der Waals surface area contributed by atoms with Crippen LogP contribution in [-0.2, 0) is 21.2 Å². The predicted octanol–water partition coefficient (Wildman–Crippen LogP) is 0.988. The number of rotatable bonds is 7. The van der Waals surface area contributed by atoms with Gasteiger partial charge in [0.25, 0.3) is 0 Å². The minimum absolute atomic E-state index is 0.0726. The zero-order valence-corrected chi connectivity index (χ0v) is 12.5. The Balaban J connectivity index is 1.69. The fraction of sp³-hybridized carbons (Fsp3) is 0.571. The quantitative estimate of drug-likeness (QED) is 0.761. The van der Waals surface area contributed by atoms with E-state index in [0.717, 1.165) is 11.3 Å². The zero-order valence-electron chi connectivity index (χ0n) is 11.7. The molecule has 0 spiro atoms. The summed E-state index contributed by atoms with van der Waals surface area (Å²) in [6.07, 6.45) is 0.700. The third-order valence-corrected chi connectivity index (χ3v) is 5.01. The lowest BCUT2D eigenvalue weighted by molar-refractivity contribution is 0.184. The molecule has 1 aliphatic rings. The summed E-state index contributed by atoms with van der Waals surface area (Å²) in [6.45, 7) is 1.73.